The molecule has 0 atom stereocenters. The predicted octanol–water partition coefficient (Wildman–Crippen LogP) is 7.13. The summed E-state index contributed by atoms with van der Waals surface area (Å²) in [7, 11) is 0. The Bertz CT molecular complexity index is 949. The topological polar surface area (TPSA) is 3.24 Å². The van der Waals surface area contributed by atoms with Crippen LogP contribution < -0.4 is 4.90 Å². The molecular formula is C26H20N. The quantitative estimate of drug-likeness (QED) is 0.347. The van der Waals surface area contributed by atoms with E-state index in [1.54, 1.807) is 0 Å². The second kappa shape index (κ2) is 8.20. The summed E-state index contributed by atoms with van der Waals surface area (Å²) in [6, 6.07) is 40.5. The highest BCUT2D eigenvalue weighted by molar-refractivity contribution is 5.78. The summed E-state index contributed by atoms with van der Waals surface area (Å²) in [5, 5.41) is 0. The van der Waals surface area contributed by atoms with Gasteiger partial charge in [0.15, 0.2) is 0 Å². The summed E-state index contributed by atoms with van der Waals surface area (Å²) in [4.78, 5) is 2.26. The van der Waals surface area contributed by atoms with Crippen LogP contribution in [0.5, 0.6) is 0 Å². The normalized spacial score (nSPS) is 10.8. The first-order valence-electron chi connectivity index (χ1n) is 9.05. The highest BCUT2D eigenvalue weighted by atomic mass is 15.1. The van der Waals surface area contributed by atoms with Crippen LogP contribution in [-0.4, -0.2) is 0 Å². The van der Waals surface area contributed by atoms with E-state index in [0.29, 0.717) is 0 Å². The third kappa shape index (κ3) is 4.16. The SMILES string of the molecule is [c]1ccc(C=Cc2ccc(N(c3ccccc3)c3ccccc3)cc2)cc1. The highest BCUT2D eigenvalue weighted by Gasteiger charge is 2.11. The molecule has 1 heteroatoms. The lowest BCUT2D eigenvalue weighted by molar-refractivity contribution is 1.28. The molecule has 4 aromatic rings. The van der Waals surface area contributed by atoms with E-state index >= 15 is 0 Å². The molecule has 0 saturated carbocycles. The molecule has 0 saturated heterocycles. The van der Waals surface area contributed by atoms with E-state index in [0.717, 1.165) is 17.1 Å². The van der Waals surface area contributed by atoms with Gasteiger partial charge in [-0.3, -0.25) is 0 Å². The van der Waals surface area contributed by atoms with E-state index < -0.39 is 0 Å². The molecule has 1 nitrogen and oxygen atoms in total. The summed E-state index contributed by atoms with van der Waals surface area (Å²) in [6.45, 7) is 0. The van der Waals surface area contributed by atoms with Crippen LogP contribution in [0.3, 0.4) is 0 Å². The van der Waals surface area contributed by atoms with Gasteiger partial charge in [-0.05, 0) is 53.6 Å². The monoisotopic (exact) mass is 346 g/mol. The maximum absolute atomic E-state index is 3.04. The van der Waals surface area contributed by atoms with Gasteiger partial charge in [-0.1, -0.05) is 84.9 Å². The van der Waals surface area contributed by atoms with E-state index in [4.69, 9.17) is 0 Å². The Balaban J connectivity index is 1.64. The van der Waals surface area contributed by atoms with E-state index in [1.165, 1.54) is 11.1 Å². The van der Waals surface area contributed by atoms with Gasteiger partial charge in [-0.15, -0.1) is 0 Å². The Morgan fingerprint density at radius 1 is 0.481 bits per heavy atom. The average molecular weight is 346 g/mol. The molecule has 0 heterocycles. The van der Waals surface area contributed by atoms with Crippen molar-refractivity contribution in [1.82, 2.24) is 0 Å². The molecule has 0 aliphatic heterocycles. The molecule has 0 aliphatic rings. The summed E-state index contributed by atoms with van der Waals surface area (Å²) < 4.78 is 0. The van der Waals surface area contributed by atoms with Crippen LogP contribution in [0.4, 0.5) is 17.1 Å². The zero-order chi connectivity index (χ0) is 18.3. The van der Waals surface area contributed by atoms with Crippen LogP contribution in [0, 0.1) is 6.07 Å². The van der Waals surface area contributed by atoms with Crippen molar-refractivity contribution in [3.8, 4) is 0 Å². The van der Waals surface area contributed by atoms with E-state index in [-0.39, 0.29) is 0 Å². The van der Waals surface area contributed by atoms with Gasteiger partial charge in [-0.2, -0.15) is 0 Å². The molecule has 4 aromatic carbocycles. The number of benzene rings is 4. The van der Waals surface area contributed by atoms with Gasteiger partial charge in [0, 0.05) is 17.1 Å². The van der Waals surface area contributed by atoms with Crippen molar-refractivity contribution in [2.75, 3.05) is 4.90 Å². The number of hydrogen-bond donors (Lipinski definition) is 0. The average Bonchev–Trinajstić information content (AvgIpc) is 2.76. The zero-order valence-corrected chi connectivity index (χ0v) is 15.0. The second-order valence-corrected chi connectivity index (χ2v) is 6.26. The lowest BCUT2D eigenvalue weighted by Gasteiger charge is -2.25. The summed E-state index contributed by atoms with van der Waals surface area (Å²) in [5.41, 5.74) is 5.78. The third-order valence-electron chi connectivity index (χ3n) is 4.39. The number of para-hydroxylation sites is 2. The molecule has 0 aromatic heterocycles. The summed E-state index contributed by atoms with van der Waals surface area (Å²) in [5.74, 6) is 0. The van der Waals surface area contributed by atoms with Gasteiger partial charge in [0.25, 0.3) is 0 Å². The van der Waals surface area contributed by atoms with Crippen LogP contribution in [0.2, 0.25) is 0 Å². The molecule has 0 unspecified atom stereocenters. The van der Waals surface area contributed by atoms with Crippen molar-refractivity contribution in [1.29, 1.82) is 0 Å². The van der Waals surface area contributed by atoms with Gasteiger partial charge in [0.1, 0.15) is 0 Å². The van der Waals surface area contributed by atoms with E-state index in [2.05, 4.69) is 108 Å². The summed E-state index contributed by atoms with van der Waals surface area (Å²) >= 11 is 0. The first-order valence-corrected chi connectivity index (χ1v) is 9.05. The molecule has 0 fully saturated rings. The molecule has 129 valence electrons. The van der Waals surface area contributed by atoms with Crippen LogP contribution in [0.15, 0.2) is 109 Å². The maximum atomic E-state index is 3.04. The smallest absolute Gasteiger partial charge is 0.0462 e. The van der Waals surface area contributed by atoms with Crippen molar-refractivity contribution in [2.24, 2.45) is 0 Å². The van der Waals surface area contributed by atoms with Gasteiger partial charge < -0.3 is 4.90 Å². The Kier molecular flexibility index (Phi) is 5.12. The van der Waals surface area contributed by atoms with E-state index in [9.17, 15) is 0 Å². The molecule has 0 bridgehead atoms. The van der Waals surface area contributed by atoms with Gasteiger partial charge in [0.2, 0.25) is 0 Å². The number of hydrogen-bond acceptors (Lipinski definition) is 1. The van der Waals surface area contributed by atoms with Crippen LogP contribution in [0.1, 0.15) is 11.1 Å². The molecule has 0 aliphatic carbocycles. The standard InChI is InChI=1S/C26H20N/c1-4-10-22(11-5-1)16-17-23-18-20-26(21-19-23)27(24-12-6-2-7-13-24)25-14-8-3-9-15-25/h2-21H. The number of nitrogens with zero attached hydrogens (tertiary/aromatic N) is 1. The van der Waals surface area contributed by atoms with Gasteiger partial charge >= 0.3 is 0 Å². The van der Waals surface area contributed by atoms with Gasteiger partial charge in [-0.25, -0.2) is 0 Å². The minimum atomic E-state index is 1.14. The van der Waals surface area contributed by atoms with Crippen molar-refractivity contribution in [3.05, 3.63) is 126 Å². The number of anilines is 3. The molecule has 27 heavy (non-hydrogen) atoms. The lowest BCUT2D eigenvalue weighted by atomic mass is 10.1. The van der Waals surface area contributed by atoms with E-state index in [1.807, 2.05) is 24.3 Å². The molecular weight excluding hydrogens is 326 g/mol. The largest absolute Gasteiger partial charge is 0.311 e. The first-order chi connectivity index (χ1) is 13.4. The number of rotatable bonds is 5. The van der Waals surface area contributed by atoms with Crippen LogP contribution in [0.25, 0.3) is 12.2 Å². The van der Waals surface area contributed by atoms with Crippen LogP contribution in [-0.2, 0) is 0 Å². The molecule has 1 radical (unpaired) electrons. The zero-order valence-electron chi connectivity index (χ0n) is 15.0. The Labute approximate surface area is 160 Å². The molecule has 0 amide bonds. The predicted molar refractivity (Wildman–Crippen MR) is 115 cm³/mol. The van der Waals surface area contributed by atoms with Crippen LogP contribution >= 0.6 is 0 Å². The fraction of sp³-hybridized carbons (Fsp3) is 0. The fourth-order valence-electron chi connectivity index (χ4n) is 3.04. The van der Waals surface area contributed by atoms with Crippen molar-refractivity contribution in [2.45, 2.75) is 0 Å². The minimum Gasteiger partial charge on any atom is -0.311 e. The van der Waals surface area contributed by atoms with Crippen molar-refractivity contribution >= 4 is 29.2 Å². The van der Waals surface area contributed by atoms with Crippen molar-refractivity contribution in [3.63, 3.8) is 0 Å². The Hall–Kier alpha value is -3.58. The Morgan fingerprint density at radius 2 is 0.926 bits per heavy atom. The molecule has 4 rings (SSSR count). The van der Waals surface area contributed by atoms with Crippen molar-refractivity contribution < 1.29 is 0 Å². The summed E-state index contributed by atoms with van der Waals surface area (Å²) in [6.07, 6.45) is 4.25. The first kappa shape index (κ1) is 16.9. The lowest BCUT2D eigenvalue weighted by Crippen LogP contribution is -2.09. The Morgan fingerprint density at radius 3 is 1.44 bits per heavy atom. The molecule has 0 N–H and O–H groups in total. The third-order valence-corrected chi connectivity index (χ3v) is 4.39. The minimum absolute atomic E-state index is 1.14. The highest BCUT2D eigenvalue weighted by Crippen LogP contribution is 2.34. The van der Waals surface area contributed by atoms with Gasteiger partial charge in [0.05, 0.1) is 0 Å². The fourth-order valence-corrected chi connectivity index (χ4v) is 3.04. The second-order valence-electron chi connectivity index (χ2n) is 6.26. The molecule has 0 spiro atoms. The maximum Gasteiger partial charge on any atom is 0.0462 e.